The van der Waals surface area contributed by atoms with Crippen LogP contribution < -0.4 is 5.32 Å². The minimum atomic E-state index is -0.758. The summed E-state index contributed by atoms with van der Waals surface area (Å²) >= 11 is 0. The van der Waals surface area contributed by atoms with Crippen LogP contribution in [0.15, 0.2) is 30.3 Å². The van der Waals surface area contributed by atoms with E-state index in [1.54, 1.807) is 0 Å². The Bertz CT molecular complexity index is 326. The van der Waals surface area contributed by atoms with Gasteiger partial charge in [0.25, 0.3) is 0 Å². The first kappa shape index (κ1) is 13.4. The minimum Gasteiger partial charge on any atom is -0.312 e. The van der Waals surface area contributed by atoms with Gasteiger partial charge >= 0.3 is 0 Å². The zero-order chi connectivity index (χ0) is 12.0. The molecule has 0 amide bonds. The van der Waals surface area contributed by atoms with Crippen LogP contribution in [0.3, 0.4) is 0 Å². The van der Waals surface area contributed by atoms with E-state index in [-0.39, 0.29) is 11.3 Å². The molecular formula is C13H21NOS. The van der Waals surface area contributed by atoms with Crippen molar-refractivity contribution in [3.8, 4) is 0 Å². The average molecular weight is 239 g/mol. The highest BCUT2D eigenvalue weighted by Crippen LogP contribution is 2.22. The molecular weight excluding hydrogens is 218 g/mol. The monoisotopic (exact) mass is 239 g/mol. The molecule has 0 bridgehead atoms. The molecule has 90 valence electrons. The lowest BCUT2D eigenvalue weighted by molar-refractivity contribution is 0.539. The van der Waals surface area contributed by atoms with Crippen LogP contribution in [0, 0.1) is 0 Å². The fraction of sp³-hybridized carbons (Fsp3) is 0.538. The Morgan fingerprint density at radius 2 is 1.88 bits per heavy atom. The second kappa shape index (κ2) is 6.81. The van der Waals surface area contributed by atoms with Gasteiger partial charge in [0.1, 0.15) is 0 Å². The molecule has 1 N–H and O–H groups in total. The molecule has 1 rings (SSSR count). The lowest BCUT2D eigenvalue weighted by atomic mass is 10.0. The Balaban J connectivity index is 2.92. The maximum absolute atomic E-state index is 12.0. The number of rotatable bonds is 6. The molecule has 2 nitrogen and oxygen atoms in total. The third-order valence-corrected chi connectivity index (χ3v) is 4.72. The van der Waals surface area contributed by atoms with Crippen molar-refractivity contribution in [3.05, 3.63) is 35.9 Å². The van der Waals surface area contributed by atoms with Crippen molar-refractivity contribution in [2.24, 2.45) is 0 Å². The molecule has 0 radical (unpaired) electrons. The first-order chi connectivity index (χ1) is 7.74. The normalized spacial score (nSPS) is 16.7. The molecule has 16 heavy (non-hydrogen) atoms. The van der Waals surface area contributed by atoms with E-state index in [0.29, 0.717) is 0 Å². The fourth-order valence-corrected chi connectivity index (χ4v) is 3.41. The quantitative estimate of drug-likeness (QED) is 0.826. The van der Waals surface area contributed by atoms with Gasteiger partial charge in [-0.1, -0.05) is 44.2 Å². The molecule has 3 unspecified atom stereocenters. The zero-order valence-corrected chi connectivity index (χ0v) is 11.1. The van der Waals surface area contributed by atoms with Crippen molar-refractivity contribution in [3.63, 3.8) is 0 Å². The fourth-order valence-electron chi connectivity index (χ4n) is 2.02. The predicted octanol–water partition coefficient (Wildman–Crippen LogP) is 2.49. The van der Waals surface area contributed by atoms with Crippen LogP contribution in [0.25, 0.3) is 0 Å². The summed E-state index contributed by atoms with van der Waals surface area (Å²) in [6.07, 6.45) is 0.931. The van der Waals surface area contributed by atoms with Crippen molar-refractivity contribution in [1.82, 2.24) is 5.32 Å². The molecule has 0 aliphatic heterocycles. The zero-order valence-electron chi connectivity index (χ0n) is 10.3. The third-order valence-electron chi connectivity index (χ3n) is 2.87. The van der Waals surface area contributed by atoms with Gasteiger partial charge in [0.05, 0.1) is 5.25 Å². The van der Waals surface area contributed by atoms with E-state index in [0.717, 1.165) is 12.2 Å². The van der Waals surface area contributed by atoms with Crippen LogP contribution in [0.2, 0.25) is 0 Å². The Hall–Kier alpha value is -0.670. The highest BCUT2D eigenvalue weighted by atomic mass is 32.2. The summed E-state index contributed by atoms with van der Waals surface area (Å²) in [6, 6.07) is 10.4. The second-order valence-electron chi connectivity index (χ2n) is 3.79. The highest BCUT2D eigenvalue weighted by molar-refractivity contribution is 7.85. The van der Waals surface area contributed by atoms with Crippen molar-refractivity contribution in [2.45, 2.75) is 31.6 Å². The summed E-state index contributed by atoms with van der Waals surface area (Å²) in [4.78, 5) is 0. The molecule has 0 heterocycles. The van der Waals surface area contributed by atoms with Crippen LogP contribution in [0.4, 0.5) is 0 Å². The third kappa shape index (κ3) is 3.16. The van der Waals surface area contributed by atoms with Gasteiger partial charge in [-0.3, -0.25) is 4.21 Å². The van der Waals surface area contributed by atoms with Crippen molar-refractivity contribution in [1.29, 1.82) is 0 Å². The average Bonchev–Trinajstić information content (AvgIpc) is 2.36. The number of benzene rings is 1. The Kier molecular flexibility index (Phi) is 5.71. The lowest BCUT2D eigenvalue weighted by Gasteiger charge is -2.25. The van der Waals surface area contributed by atoms with Gasteiger partial charge in [-0.2, -0.15) is 0 Å². The minimum absolute atomic E-state index is 0.187. The molecule has 0 saturated heterocycles. The van der Waals surface area contributed by atoms with E-state index >= 15 is 0 Å². The largest absolute Gasteiger partial charge is 0.312 e. The van der Waals surface area contributed by atoms with Gasteiger partial charge in [-0.15, -0.1) is 0 Å². The van der Waals surface area contributed by atoms with Crippen LogP contribution in [-0.4, -0.2) is 22.3 Å². The van der Waals surface area contributed by atoms with Crippen LogP contribution in [-0.2, 0) is 10.8 Å². The van der Waals surface area contributed by atoms with Crippen LogP contribution in [0.1, 0.15) is 31.9 Å². The van der Waals surface area contributed by atoms with Crippen LogP contribution >= 0.6 is 0 Å². The Labute approximate surface area is 101 Å². The second-order valence-corrected chi connectivity index (χ2v) is 5.74. The molecule has 0 aromatic heterocycles. The SMILES string of the molecule is CCC(C(NC)c1ccccc1)S(=O)CC. The number of hydrogen-bond acceptors (Lipinski definition) is 2. The van der Waals surface area contributed by atoms with Gasteiger partial charge < -0.3 is 5.32 Å². The number of hydrogen-bond donors (Lipinski definition) is 1. The molecule has 0 spiro atoms. The molecule has 1 aromatic rings. The van der Waals surface area contributed by atoms with Crippen molar-refractivity contribution < 1.29 is 4.21 Å². The molecule has 3 heteroatoms. The maximum atomic E-state index is 12.0. The van der Waals surface area contributed by atoms with Crippen LogP contribution in [0.5, 0.6) is 0 Å². The Morgan fingerprint density at radius 1 is 1.25 bits per heavy atom. The topological polar surface area (TPSA) is 29.1 Å². The van der Waals surface area contributed by atoms with E-state index in [1.807, 2.05) is 32.2 Å². The number of nitrogens with one attached hydrogen (secondary N) is 1. The molecule has 1 aromatic carbocycles. The summed E-state index contributed by atoms with van der Waals surface area (Å²) in [5.41, 5.74) is 1.22. The smallest absolute Gasteiger partial charge is 0.0540 e. The molecule has 0 saturated carbocycles. The van der Waals surface area contributed by atoms with Crippen molar-refractivity contribution >= 4 is 10.8 Å². The Morgan fingerprint density at radius 3 is 2.31 bits per heavy atom. The lowest BCUT2D eigenvalue weighted by Crippen LogP contribution is -2.33. The van der Waals surface area contributed by atoms with E-state index in [2.05, 4.69) is 24.4 Å². The maximum Gasteiger partial charge on any atom is 0.0540 e. The summed E-state index contributed by atoms with van der Waals surface area (Å²) < 4.78 is 12.0. The molecule has 0 fully saturated rings. The predicted molar refractivity (Wildman–Crippen MR) is 71.0 cm³/mol. The molecule has 0 aliphatic carbocycles. The van der Waals surface area contributed by atoms with Gasteiger partial charge in [0, 0.05) is 22.6 Å². The summed E-state index contributed by atoms with van der Waals surface area (Å²) in [6.45, 7) is 4.09. The summed E-state index contributed by atoms with van der Waals surface area (Å²) in [7, 11) is 1.18. The standard InChI is InChI=1S/C13H21NOS/c1-4-12(16(15)5-2)13(14-3)11-9-7-6-8-10-11/h6-10,12-14H,4-5H2,1-3H3. The first-order valence-corrected chi connectivity index (χ1v) is 7.22. The van der Waals surface area contributed by atoms with Crippen molar-refractivity contribution in [2.75, 3.05) is 12.8 Å². The van der Waals surface area contributed by atoms with Gasteiger partial charge in [-0.05, 0) is 19.0 Å². The van der Waals surface area contributed by atoms with Gasteiger partial charge in [-0.25, -0.2) is 0 Å². The first-order valence-electron chi connectivity index (χ1n) is 5.83. The summed E-state index contributed by atoms with van der Waals surface area (Å²) in [5.74, 6) is 0.726. The van der Waals surface area contributed by atoms with Gasteiger partial charge in [0.2, 0.25) is 0 Å². The summed E-state index contributed by atoms with van der Waals surface area (Å²) in [5, 5.41) is 3.48. The molecule has 3 atom stereocenters. The van der Waals surface area contributed by atoms with Gasteiger partial charge in [0.15, 0.2) is 0 Å². The van der Waals surface area contributed by atoms with E-state index < -0.39 is 10.8 Å². The van der Waals surface area contributed by atoms with E-state index in [4.69, 9.17) is 0 Å². The van der Waals surface area contributed by atoms with E-state index in [9.17, 15) is 4.21 Å². The highest BCUT2D eigenvalue weighted by Gasteiger charge is 2.24. The van der Waals surface area contributed by atoms with E-state index in [1.165, 1.54) is 5.56 Å². The molecule has 0 aliphatic rings.